The number of ether oxygens (including phenoxy) is 1. The number of hydrogen-bond acceptors (Lipinski definition) is 3. The van der Waals surface area contributed by atoms with E-state index < -0.39 is 0 Å². The van der Waals surface area contributed by atoms with E-state index in [4.69, 9.17) is 16.3 Å². The Morgan fingerprint density at radius 2 is 2.00 bits per heavy atom. The number of aromatic nitrogens is 2. The van der Waals surface area contributed by atoms with Gasteiger partial charge in [-0.25, -0.2) is 9.97 Å². The lowest BCUT2D eigenvalue weighted by Crippen LogP contribution is -2.29. The van der Waals surface area contributed by atoms with Crippen LogP contribution in [0.25, 0.3) is 0 Å². The highest BCUT2D eigenvalue weighted by Crippen LogP contribution is 2.40. The van der Waals surface area contributed by atoms with Crippen LogP contribution in [-0.2, 0) is 16.8 Å². The molecule has 0 radical (unpaired) electrons. The maximum Gasteiger partial charge on any atom is 0.162 e. The molecule has 94 valence electrons. The molecule has 0 N–H and O–H groups in total. The third-order valence-corrected chi connectivity index (χ3v) is 3.54. The number of halogens is 1. The van der Waals surface area contributed by atoms with Crippen molar-refractivity contribution in [2.24, 2.45) is 0 Å². The molecule has 0 atom stereocenters. The molecule has 2 rings (SSSR count). The molecular weight excluding hydrogens is 236 g/mol. The highest BCUT2D eigenvalue weighted by atomic mass is 35.5. The Kier molecular flexibility index (Phi) is 4.00. The molecule has 1 saturated carbocycles. The minimum atomic E-state index is -0.288. The number of hydrogen-bond donors (Lipinski definition) is 0. The Morgan fingerprint density at radius 1 is 1.29 bits per heavy atom. The van der Waals surface area contributed by atoms with Crippen molar-refractivity contribution < 1.29 is 4.74 Å². The maximum atomic E-state index is 6.06. The molecule has 0 spiro atoms. The highest BCUT2D eigenvalue weighted by molar-refractivity contribution is 6.29. The first kappa shape index (κ1) is 12.8. The van der Waals surface area contributed by atoms with Crippen molar-refractivity contribution in [3.8, 4) is 0 Å². The van der Waals surface area contributed by atoms with Crippen molar-refractivity contribution in [1.29, 1.82) is 0 Å². The first-order chi connectivity index (χ1) is 8.20. The van der Waals surface area contributed by atoms with Gasteiger partial charge in [-0.15, -0.1) is 0 Å². The van der Waals surface area contributed by atoms with E-state index in [-0.39, 0.29) is 5.60 Å². The molecule has 1 aromatic rings. The molecule has 0 aromatic carbocycles. The summed E-state index contributed by atoms with van der Waals surface area (Å²) in [6.45, 7) is 4.78. The molecule has 3 nitrogen and oxygen atoms in total. The summed E-state index contributed by atoms with van der Waals surface area (Å²) in [5, 5.41) is 0.526. The molecule has 0 amide bonds. The second kappa shape index (κ2) is 5.32. The van der Waals surface area contributed by atoms with Crippen LogP contribution in [0.5, 0.6) is 0 Å². The van der Waals surface area contributed by atoms with Gasteiger partial charge in [-0.3, -0.25) is 0 Å². The van der Waals surface area contributed by atoms with E-state index in [1.807, 2.05) is 13.0 Å². The minimum Gasteiger partial charge on any atom is -0.367 e. The molecule has 0 saturated heterocycles. The van der Waals surface area contributed by atoms with Gasteiger partial charge in [0.2, 0.25) is 0 Å². The summed E-state index contributed by atoms with van der Waals surface area (Å²) in [4.78, 5) is 8.99. The summed E-state index contributed by atoms with van der Waals surface area (Å²) in [6.07, 6.45) is 5.24. The topological polar surface area (TPSA) is 35.0 Å². The lowest BCUT2D eigenvalue weighted by atomic mass is 10.0. The van der Waals surface area contributed by atoms with Crippen LogP contribution in [0.3, 0.4) is 0 Å². The quantitative estimate of drug-likeness (QED) is 0.772. The van der Waals surface area contributed by atoms with E-state index in [9.17, 15) is 0 Å². The molecule has 1 heterocycles. The van der Waals surface area contributed by atoms with Crippen molar-refractivity contribution in [2.45, 2.75) is 51.6 Å². The van der Waals surface area contributed by atoms with Crippen LogP contribution in [0.15, 0.2) is 6.07 Å². The van der Waals surface area contributed by atoms with Gasteiger partial charge in [0.05, 0.1) is 0 Å². The molecule has 4 heteroatoms. The molecule has 1 aromatic heterocycles. The fraction of sp³-hybridized carbons (Fsp3) is 0.692. The first-order valence-corrected chi connectivity index (χ1v) is 6.76. The van der Waals surface area contributed by atoms with Gasteiger partial charge in [-0.05, 0) is 45.1 Å². The van der Waals surface area contributed by atoms with Crippen molar-refractivity contribution >= 4 is 11.6 Å². The molecule has 0 unspecified atom stereocenters. The smallest absolute Gasteiger partial charge is 0.162 e. The van der Waals surface area contributed by atoms with E-state index in [1.165, 1.54) is 12.8 Å². The van der Waals surface area contributed by atoms with Gasteiger partial charge in [-0.2, -0.15) is 0 Å². The Morgan fingerprint density at radius 3 is 2.59 bits per heavy atom. The van der Waals surface area contributed by atoms with Crippen molar-refractivity contribution in [1.82, 2.24) is 9.97 Å². The summed E-state index contributed by atoms with van der Waals surface area (Å²) in [6, 6.07) is 1.83. The molecule has 17 heavy (non-hydrogen) atoms. The maximum absolute atomic E-state index is 6.06. The van der Waals surface area contributed by atoms with Crippen LogP contribution in [0, 0.1) is 0 Å². The Hall–Kier alpha value is -0.670. The van der Waals surface area contributed by atoms with Gasteiger partial charge in [0.15, 0.2) is 5.82 Å². The zero-order valence-electron chi connectivity index (χ0n) is 10.5. The van der Waals surface area contributed by atoms with E-state index >= 15 is 0 Å². The van der Waals surface area contributed by atoms with E-state index in [0.717, 1.165) is 30.8 Å². The van der Waals surface area contributed by atoms with E-state index in [0.29, 0.717) is 11.8 Å². The third kappa shape index (κ3) is 2.61. The van der Waals surface area contributed by atoms with Gasteiger partial charge in [0, 0.05) is 12.3 Å². The Bertz CT molecular complexity index is 389. The molecule has 1 fully saturated rings. The van der Waals surface area contributed by atoms with Crippen LogP contribution in [0.1, 0.15) is 51.0 Å². The van der Waals surface area contributed by atoms with Crippen molar-refractivity contribution in [3.05, 3.63) is 22.7 Å². The zero-order chi connectivity index (χ0) is 12.3. The van der Waals surface area contributed by atoms with Crippen LogP contribution in [0.2, 0.25) is 5.15 Å². The Balaban J connectivity index is 2.38. The van der Waals surface area contributed by atoms with Gasteiger partial charge in [0.25, 0.3) is 0 Å². The highest BCUT2D eigenvalue weighted by Gasteiger charge is 2.39. The van der Waals surface area contributed by atoms with Crippen LogP contribution < -0.4 is 0 Å². The molecule has 1 aliphatic carbocycles. The van der Waals surface area contributed by atoms with Gasteiger partial charge < -0.3 is 4.74 Å². The summed E-state index contributed by atoms with van der Waals surface area (Å²) >= 11 is 6.06. The van der Waals surface area contributed by atoms with Crippen molar-refractivity contribution in [2.75, 3.05) is 6.61 Å². The van der Waals surface area contributed by atoms with Crippen molar-refractivity contribution in [3.63, 3.8) is 0 Å². The minimum absolute atomic E-state index is 0.288. The monoisotopic (exact) mass is 254 g/mol. The fourth-order valence-electron chi connectivity index (χ4n) is 2.50. The third-order valence-electron chi connectivity index (χ3n) is 3.35. The largest absolute Gasteiger partial charge is 0.367 e. The van der Waals surface area contributed by atoms with Gasteiger partial charge >= 0.3 is 0 Å². The summed E-state index contributed by atoms with van der Waals surface area (Å²) < 4.78 is 5.95. The average Bonchev–Trinajstić information content (AvgIpc) is 2.78. The van der Waals surface area contributed by atoms with Gasteiger partial charge in [0.1, 0.15) is 10.8 Å². The number of rotatable bonds is 4. The lowest BCUT2D eigenvalue weighted by Gasteiger charge is -2.27. The predicted octanol–water partition coefficient (Wildman–Crippen LogP) is 3.50. The zero-order valence-corrected chi connectivity index (χ0v) is 11.3. The van der Waals surface area contributed by atoms with Crippen LogP contribution in [0.4, 0.5) is 0 Å². The second-order valence-corrected chi connectivity index (χ2v) is 4.88. The second-order valence-electron chi connectivity index (χ2n) is 4.49. The summed E-state index contributed by atoms with van der Waals surface area (Å²) in [5.41, 5.74) is 0.704. The SMILES string of the molecule is CCOC1(c2nc(Cl)cc(CC)n2)CCCC1. The average molecular weight is 255 g/mol. The lowest BCUT2D eigenvalue weighted by molar-refractivity contribution is -0.0458. The Labute approximate surface area is 108 Å². The number of aryl methyl sites for hydroxylation is 1. The van der Waals surface area contributed by atoms with Crippen LogP contribution in [-0.4, -0.2) is 16.6 Å². The number of nitrogens with zero attached hydrogens (tertiary/aromatic N) is 2. The summed E-state index contributed by atoms with van der Waals surface area (Å²) in [5.74, 6) is 0.779. The molecule has 0 aliphatic heterocycles. The molecule has 0 bridgehead atoms. The van der Waals surface area contributed by atoms with Crippen LogP contribution >= 0.6 is 11.6 Å². The normalized spacial score (nSPS) is 18.5. The van der Waals surface area contributed by atoms with E-state index in [2.05, 4.69) is 16.9 Å². The van der Waals surface area contributed by atoms with E-state index in [1.54, 1.807) is 0 Å². The predicted molar refractivity (Wildman–Crippen MR) is 68.2 cm³/mol. The molecule has 1 aliphatic rings. The fourth-order valence-corrected chi connectivity index (χ4v) is 2.71. The van der Waals surface area contributed by atoms with Gasteiger partial charge in [-0.1, -0.05) is 18.5 Å². The standard InChI is InChI=1S/C13H19ClN2O/c1-3-10-9-11(14)16-12(15-10)13(17-4-2)7-5-6-8-13/h9H,3-8H2,1-2H3. The first-order valence-electron chi connectivity index (χ1n) is 6.38. The molecular formula is C13H19ClN2O. The summed E-state index contributed by atoms with van der Waals surface area (Å²) in [7, 11) is 0.